The monoisotopic (exact) mass is 147 g/mol. The molecule has 0 aromatic heterocycles. The molecule has 0 spiro atoms. The Balaban J connectivity index is 2.32. The highest BCUT2D eigenvalue weighted by molar-refractivity contribution is 8.05. The number of carbonyl (C=O) groups is 1. The van der Waals surface area contributed by atoms with E-state index >= 15 is 0 Å². The molecule has 1 unspecified atom stereocenters. The molecule has 1 saturated heterocycles. The molecule has 0 aromatic rings. The van der Waals surface area contributed by atoms with Gasteiger partial charge in [-0.3, -0.25) is 4.90 Å². The van der Waals surface area contributed by atoms with Crippen molar-refractivity contribution in [1.29, 1.82) is 0 Å². The van der Waals surface area contributed by atoms with Crippen molar-refractivity contribution in [1.82, 2.24) is 4.90 Å². The zero-order valence-corrected chi connectivity index (χ0v) is 6.11. The predicted octanol–water partition coefficient (Wildman–Crippen LogP) is 0.191. The largest absolute Gasteiger partial charge is 0.608 e. The lowest BCUT2D eigenvalue weighted by Gasteiger charge is -2.28. The van der Waals surface area contributed by atoms with Gasteiger partial charge in [0.1, 0.15) is 6.26 Å². The molecule has 0 saturated carbocycles. The second-order valence-electron chi connectivity index (χ2n) is 2.06. The van der Waals surface area contributed by atoms with Gasteiger partial charge in [0.05, 0.1) is 0 Å². The third-order valence-electron chi connectivity index (χ3n) is 1.36. The molecule has 3 nitrogen and oxygen atoms in total. The molecule has 9 heavy (non-hydrogen) atoms. The van der Waals surface area contributed by atoms with Crippen LogP contribution in [0.25, 0.3) is 0 Å². The zero-order chi connectivity index (χ0) is 6.85. The molecular formula is C5H9NO2S. The first kappa shape index (κ1) is 6.89. The third kappa shape index (κ3) is 1.37. The number of hydrogen-bond donors (Lipinski definition) is 0. The van der Waals surface area contributed by atoms with Crippen LogP contribution in [0.3, 0.4) is 0 Å². The summed E-state index contributed by atoms with van der Waals surface area (Å²) in [6.07, 6.45) is 2.48. The highest BCUT2D eigenvalue weighted by Crippen LogP contribution is 2.09. The van der Waals surface area contributed by atoms with E-state index in [2.05, 4.69) is 0 Å². The second-order valence-corrected chi connectivity index (χ2v) is 3.32. The SMILES string of the molecule is C[S+]([O-])C(=O)N1CCC1. The summed E-state index contributed by atoms with van der Waals surface area (Å²) in [5, 5.41) is -0.221. The minimum absolute atomic E-state index is 0.221. The Morgan fingerprint density at radius 1 is 1.67 bits per heavy atom. The van der Waals surface area contributed by atoms with Gasteiger partial charge in [-0.25, -0.2) is 4.79 Å². The van der Waals surface area contributed by atoms with Gasteiger partial charge in [-0.15, -0.1) is 0 Å². The van der Waals surface area contributed by atoms with Crippen LogP contribution in [0.2, 0.25) is 0 Å². The smallest absolute Gasteiger partial charge is 0.429 e. The quantitative estimate of drug-likeness (QED) is 0.459. The number of likely N-dealkylation sites (tertiary alicyclic amines) is 1. The van der Waals surface area contributed by atoms with Gasteiger partial charge in [0, 0.05) is 24.3 Å². The fraction of sp³-hybridized carbons (Fsp3) is 0.800. The zero-order valence-electron chi connectivity index (χ0n) is 5.29. The summed E-state index contributed by atoms with van der Waals surface area (Å²) in [6, 6.07) is 0. The highest BCUT2D eigenvalue weighted by atomic mass is 32.2. The van der Waals surface area contributed by atoms with E-state index in [-0.39, 0.29) is 5.24 Å². The number of carbonyl (C=O) groups excluding carboxylic acids is 1. The molecular weight excluding hydrogens is 138 g/mol. The lowest BCUT2D eigenvalue weighted by atomic mass is 10.2. The van der Waals surface area contributed by atoms with Crippen molar-refractivity contribution in [2.24, 2.45) is 0 Å². The lowest BCUT2D eigenvalue weighted by molar-refractivity contribution is 0.190. The topological polar surface area (TPSA) is 43.4 Å². The van der Waals surface area contributed by atoms with Crippen LogP contribution in [0, 0.1) is 0 Å². The fourth-order valence-electron chi connectivity index (χ4n) is 0.681. The molecule has 0 aliphatic carbocycles. The van der Waals surface area contributed by atoms with Gasteiger partial charge in [0.2, 0.25) is 0 Å². The molecule has 1 rings (SSSR count). The van der Waals surface area contributed by atoms with Crippen LogP contribution in [0.1, 0.15) is 6.42 Å². The summed E-state index contributed by atoms with van der Waals surface area (Å²) in [5.41, 5.74) is 0. The van der Waals surface area contributed by atoms with E-state index in [1.807, 2.05) is 0 Å². The molecule has 0 aromatic carbocycles. The molecule has 1 aliphatic heterocycles. The van der Waals surface area contributed by atoms with Gasteiger partial charge in [0.15, 0.2) is 0 Å². The van der Waals surface area contributed by atoms with Crippen LogP contribution in [-0.4, -0.2) is 34.0 Å². The molecule has 4 heteroatoms. The van der Waals surface area contributed by atoms with Gasteiger partial charge in [-0.05, 0) is 6.42 Å². The summed E-state index contributed by atoms with van der Waals surface area (Å²) >= 11 is -1.30. The maximum atomic E-state index is 10.8. The second kappa shape index (κ2) is 2.58. The Bertz CT molecular complexity index is 122. The molecule has 1 heterocycles. The van der Waals surface area contributed by atoms with Crippen molar-refractivity contribution in [2.45, 2.75) is 6.42 Å². The van der Waals surface area contributed by atoms with Crippen molar-refractivity contribution in [3.05, 3.63) is 0 Å². The van der Waals surface area contributed by atoms with Gasteiger partial charge < -0.3 is 4.55 Å². The number of amides is 1. The Hall–Kier alpha value is -0.220. The van der Waals surface area contributed by atoms with Crippen LogP contribution in [0.15, 0.2) is 0 Å². The first-order chi connectivity index (χ1) is 4.22. The average Bonchev–Trinajstić information content (AvgIpc) is 1.60. The minimum Gasteiger partial charge on any atom is -0.608 e. The van der Waals surface area contributed by atoms with Gasteiger partial charge >= 0.3 is 5.24 Å². The Morgan fingerprint density at radius 2 is 2.22 bits per heavy atom. The molecule has 52 valence electrons. The normalized spacial score (nSPS) is 20.9. The van der Waals surface area contributed by atoms with E-state index < -0.39 is 11.2 Å². The van der Waals surface area contributed by atoms with E-state index in [1.165, 1.54) is 6.26 Å². The third-order valence-corrected chi connectivity index (χ3v) is 2.11. The molecule has 1 aliphatic rings. The van der Waals surface area contributed by atoms with Gasteiger partial charge in [0.25, 0.3) is 0 Å². The molecule has 1 amide bonds. The molecule has 0 radical (unpaired) electrons. The van der Waals surface area contributed by atoms with E-state index in [1.54, 1.807) is 4.90 Å². The van der Waals surface area contributed by atoms with E-state index in [0.717, 1.165) is 19.5 Å². The maximum absolute atomic E-state index is 10.8. The summed E-state index contributed by atoms with van der Waals surface area (Å²) in [4.78, 5) is 12.4. The minimum atomic E-state index is -1.30. The van der Waals surface area contributed by atoms with Crippen molar-refractivity contribution in [3.63, 3.8) is 0 Å². The highest BCUT2D eigenvalue weighted by Gasteiger charge is 2.27. The van der Waals surface area contributed by atoms with Crippen LogP contribution < -0.4 is 0 Å². The molecule has 0 bridgehead atoms. The fourth-order valence-corrected chi connectivity index (χ4v) is 1.23. The van der Waals surface area contributed by atoms with E-state index in [0.29, 0.717) is 0 Å². The Labute approximate surface area is 57.2 Å². The number of hydrogen-bond acceptors (Lipinski definition) is 2. The first-order valence-electron chi connectivity index (χ1n) is 2.84. The molecule has 1 atom stereocenters. The summed E-state index contributed by atoms with van der Waals surface area (Å²) < 4.78 is 10.5. The van der Waals surface area contributed by atoms with Crippen LogP contribution >= 0.6 is 0 Å². The van der Waals surface area contributed by atoms with E-state index in [4.69, 9.17) is 0 Å². The number of rotatable bonds is 0. The van der Waals surface area contributed by atoms with Gasteiger partial charge in [-0.1, -0.05) is 0 Å². The van der Waals surface area contributed by atoms with Gasteiger partial charge in [-0.2, -0.15) is 0 Å². The van der Waals surface area contributed by atoms with Crippen molar-refractivity contribution >= 4 is 16.4 Å². The predicted molar refractivity (Wildman–Crippen MR) is 35.7 cm³/mol. The van der Waals surface area contributed by atoms with Crippen molar-refractivity contribution in [3.8, 4) is 0 Å². The maximum Gasteiger partial charge on any atom is 0.429 e. The average molecular weight is 147 g/mol. The molecule has 1 fully saturated rings. The van der Waals surface area contributed by atoms with Crippen LogP contribution in [0.4, 0.5) is 4.79 Å². The Morgan fingerprint density at radius 3 is 2.33 bits per heavy atom. The number of nitrogens with zero attached hydrogens (tertiary/aromatic N) is 1. The standard InChI is InChI=1S/C5H9NO2S/c1-9(8)5(7)6-3-2-4-6/h2-4H2,1H3. The first-order valence-corrected chi connectivity index (χ1v) is 4.40. The van der Waals surface area contributed by atoms with E-state index in [9.17, 15) is 9.35 Å². The van der Waals surface area contributed by atoms with Crippen molar-refractivity contribution < 1.29 is 9.35 Å². The summed E-state index contributed by atoms with van der Waals surface area (Å²) in [6.45, 7) is 1.58. The van der Waals surface area contributed by atoms with Crippen LogP contribution in [-0.2, 0) is 11.2 Å². The molecule has 0 N–H and O–H groups in total. The van der Waals surface area contributed by atoms with Crippen LogP contribution in [0.5, 0.6) is 0 Å². The summed E-state index contributed by atoms with van der Waals surface area (Å²) in [5.74, 6) is 0. The lowest BCUT2D eigenvalue weighted by Crippen LogP contribution is -2.44. The summed E-state index contributed by atoms with van der Waals surface area (Å²) in [7, 11) is 0. The van der Waals surface area contributed by atoms with Crippen molar-refractivity contribution in [2.75, 3.05) is 19.3 Å². The Kier molecular flexibility index (Phi) is 1.97.